The van der Waals surface area contributed by atoms with Gasteiger partial charge in [0.25, 0.3) is 0 Å². The standard InChI is InChI=1S/C21H22F3N3O2S/c1-15-14-26(18-7-3-16(13-25)4-8-18)11-12-27(15)30(29)19-9-5-17(6-10-19)20(2,28)21(22,23)24/h3-10,15,28H,11-12,14H2,1-2H3/t15-,20+,30?/m1/s1. The average Bonchev–Trinajstić information content (AvgIpc) is 2.72. The highest BCUT2D eigenvalue weighted by molar-refractivity contribution is 7.89. The fourth-order valence-corrected chi connectivity index (χ4v) is 4.64. The van der Waals surface area contributed by atoms with Crippen molar-refractivity contribution in [3.05, 3.63) is 59.7 Å². The lowest BCUT2D eigenvalue weighted by Crippen LogP contribution is -2.54. The van der Waals surface area contributed by atoms with E-state index in [-0.39, 0.29) is 11.6 Å². The summed E-state index contributed by atoms with van der Waals surface area (Å²) in [6, 6.07) is 14.3. The molecule has 3 rings (SSSR count). The molecule has 1 aliphatic rings. The van der Waals surface area contributed by atoms with E-state index in [4.69, 9.17) is 5.26 Å². The fourth-order valence-electron chi connectivity index (χ4n) is 3.36. The summed E-state index contributed by atoms with van der Waals surface area (Å²) in [6.45, 7) is 4.40. The van der Waals surface area contributed by atoms with Crippen molar-refractivity contribution in [3.63, 3.8) is 0 Å². The van der Waals surface area contributed by atoms with Gasteiger partial charge >= 0.3 is 6.18 Å². The van der Waals surface area contributed by atoms with E-state index in [1.807, 2.05) is 19.1 Å². The molecular weight excluding hydrogens is 415 g/mol. The van der Waals surface area contributed by atoms with Gasteiger partial charge in [-0.2, -0.15) is 18.4 Å². The van der Waals surface area contributed by atoms with E-state index >= 15 is 0 Å². The summed E-state index contributed by atoms with van der Waals surface area (Å²) >= 11 is -1.53. The Kier molecular flexibility index (Phi) is 6.34. The largest absolute Gasteiger partial charge is 0.593 e. The minimum Gasteiger partial charge on any atom is -0.593 e. The van der Waals surface area contributed by atoms with Crippen LogP contribution in [0, 0.1) is 11.3 Å². The third-order valence-corrected chi connectivity index (χ3v) is 6.96. The normalized spacial score (nSPS) is 21.0. The molecule has 1 N–H and O–H groups in total. The molecule has 1 aliphatic heterocycles. The lowest BCUT2D eigenvalue weighted by Gasteiger charge is -2.39. The van der Waals surface area contributed by atoms with Gasteiger partial charge in [0.2, 0.25) is 0 Å². The van der Waals surface area contributed by atoms with Crippen LogP contribution < -0.4 is 4.90 Å². The summed E-state index contributed by atoms with van der Waals surface area (Å²) < 4.78 is 53.8. The first-order chi connectivity index (χ1) is 14.0. The quantitative estimate of drug-likeness (QED) is 0.741. The van der Waals surface area contributed by atoms with Gasteiger partial charge < -0.3 is 14.6 Å². The number of nitriles is 1. The Hall–Kier alpha value is -2.25. The first-order valence-corrected chi connectivity index (χ1v) is 10.5. The number of nitrogens with zero attached hydrogens (tertiary/aromatic N) is 3. The van der Waals surface area contributed by atoms with Crippen molar-refractivity contribution in [1.82, 2.24) is 4.31 Å². The molecule has 1 heterocycles. The van der Waals surface area contributed by atoms with Crippen molar-refractivity contribution < 1.29 is 22.8 Å². The van der Waals surface area contributed by atoms with Crippen molar-refractivity contribution in [1.29, 1.82) is 5.26 Å². The molecule has 1 fully saturated rings. The van der Waals surface area contributed by atoms with Gasteiger partial charge in [-0.15, -0.1) is 4.31 Å². The number of aliphatic hydroxyl groups is 1. The van der Waals surface area contributed by atoms with E-state index in [1.54, 1.807) is 16.4 Å². The molecular formula is C21H22F3N3O2S. The maximum Gasteiger partial charge on any atom is 0.421 e. The Morgan fingerprint density at radius 2 is 1.70 bits per heavy atom. The number of anilines is 1. The highest BCUT2D eigenvalue weighted by Crippen LogP contribution is 2.38. The van der Waals surface area contributed by atoms with Gasteiger partial charge in [0.15, 0.2) is 10.5 Å². The number of benzene rings is 2. The van der Waals surface area contributed by atoms with Crippen LogP contribution in [0.1, 0.15) is 25.0 Å². The third kappa shape index (κ3) is 4.42. The maximum absolute atomic E-state index is 13.0. The molecule has 0 radical (unpaired) electrons. The van der Waals surface area contributed by atoms with Gasteiger partial charge in [0, 0.05) is 18.8 Å². The van der Waals surface area contributed by atoms with E-state index in [2.05, 4.69) is 11.0 Å². The molecule has 5 nitrogen and oxygen atoms in total. The van der Waals surface area contributed by atoms with Crippen molar-refractivity contribution in [2.75, 3.05) is 24.5 Å². The molecule has 0 aromatic heterocycles. The summed E-state index contributed by atoms with van der Waals surface area (Å²) in [5, 5.41) is 18.7. The van der Waals surface area contributed by atoms with Crippen LogP contribution in [0.4, 0.5) is 18.9 Å². The molecule has 9 heteroatoms. The summed E-state index contributed by atoms with van der Waals surface area (Å²) in [7, 11) is 0. The van der Waals surface area contributed by atoms with Crippen LogP contribution in [0.15, 0.2) is 53.4 Å². The zero-order chi connectivity index (χ0) is 22.1. The number of alkyl halides is 3. The Morgan fingerprint density at radius 3 is 2.20 bits per heavy atom. The van der Waals surface area contributed by atoms with Crippen molar-refractivity contribution >= 4 is 17.0 Å². The first-order valence-electron chi connectivity index (χ1n) is 9.38. The molecule has 2 aromatic rings. The summed E-state index contributed by atoms with van der Waals surface area (Å²) in [4.78, 5) is 2.53. The smallest absolute Gasteiger partial charge is 0.421 e. The molecule has 0 bridgehead atoms. The maximum atomic E-state index is 13.0. The minimum absolute atomic E-state index is 0.0619. The van der Waals surface area contributed by atoms with Gasteiger partial charge in [0.05, 0.1) is 35.6 Å². The molecule has 0 saturated carbocycles. The number of rotatable bonds is 4. The van der Waals surface area contributed by atoms with E-state index in [0.29, 0.717) is 37.0 Å². The van der Waals surface area contributed by atoms with Gasteiger partial charge in [-0.3, -0.25) is 0 Å². The van der Waals surface area contributed by atoms with Gasteiger partial charge in [0.1, 0.15) is 0 Å². The summed E-state index contributed by atoms with van der Waals surface area (Å²) in [6.07, 6.45) is -4.80. The SMILES string of the molecule is C[C@@H]1CN(c2ccc(C#N)cc2)CCN1[S+]([O-])c1ccc([C@](C)(O)C(F)(F)F)cc1. The molecule has 160 valence electrons. The van der Waals surface area contributed by atoms with E-state index in [1.165, 1.54) is 24.3 Å². The first kappa shape index (κ1) is 22.4. The number of hydrogen-bond acceptors (Lipinski definition) is 5. The lowest BCUT2D eigenvalue weighted by molar-refractivity contribution is -0.258. The van der Waals surface area contributed by atoms with Crippen LogP contribution >= 0.6 is 0 Å². The highest BCUT2D eigenvalue weighted by atomic mass is 32.2. The highest BCUT2D eigenvalue weighted by Gasteiger charge is 2.51. The summed E-state index contributed by atoms with van der Waals surface area (Å²) in [5.41, 5.74) is -1.70. The van der Waals surface area contributed by atoms with Crippen LogP contribution in [0.2, 0.25) is 0 Å². The van der Waals surface area contributed by atoms with Crippen LogP contribution in [0.3, 0.4) is 0 Å². The topological polar surface area (TPSA) is 73.6 Å². The monoisotopic (exact) mass is 437 g/mol. The van der Waals surface area contributed by atoms with E-state index in [0.717, 1.165) is 5.69 Å². The minimum atomic E-state index is -4.80. The molecule has 2 aromatic carbocycles. The molecule has 0 amide bonds. The second-order valence-electron chi connectivity index (χ2n) is 7.44. The van der Waals surface area contributed by atoms with Crippen LogP contribution in [-0.4, -0.2) is 45.8 Å². The Morgan fingerprint density at radius 1 is 1.10 bits per heavy atom. The predicted molar refractivity (Wildman–Crippen MR) is 108 cm³/mol. The molecule has 3 atom stereocenters. The predicted octanol–water partition coefficient (Wildman–Crippen LogP) is 3.56. The van der Waals surface area contributed by atoms with Crippen molar-refractivity contribution in [3.8, 4) is 6.07 Å². The lowest BCUT2D eigenvalue weighted by atomic mass is 9.96. The molecule has 0 aliphatic carbocycles. The van der Waals surface area contributed by atoms with Crippen LogP contribution in [-0.2, 0) is 17.0 Å². The molecule has 0 spiro atoms. The third-order valence-electron chi connectivity index (χ3n) is 5.31. The number of halogens is 3. The number of hydrogen-bond donors (Lipinski definition) is 1. The second kappa shape index (κ2) is 8.47. The zero-order valence-corrected chi connectivity index (χ0v) is 17.4. The average molecular weight is 437 g/mol. The Labute approximate surface area is 176 Å². The van der Waals surface area contributed by atoms with Crippen molar-refractivity contribution in [2.24, 2.45) is 0 Å². The van der Waals surface area contributed by atoms with Crippen LogP contribution in [0.25, 0.3) is 0 Å². The van der Waals surface area contributed by atoms with E-state index in [9.17, 15) is 22.8 Å². The van der Waals surface area contributed by atoms with E-state index < -0.39 is 23.1 Å². The molecule has 1 unspecified atom stereocenters. The fraction of sp³-hybridized carbons (Fsp3) is 0.381. The molecule has 1 saturated heterocycles. The second-order valence-corrected chi connectivity index (χ2v) is 8.88. The van der Waals surface area contributed by atoms with Crippen LogP contribution in [0.5, 0.6) is 0 Å². The number of piperazine rings is 1. The Bertz CT molecular complexity index is 911. The van der Waals surface area contributed by atoms with Gasteiger partial charge in [-0.1, -0.05) is 12.1 Å². The van der Waals surface area contributed by atoms with Gasteiger partial charge in [-0.25, -0.2) is 0 Å². The Balaban J connectivity index is 1.69. The summed E-state index contributed by atoms with van der Waals surface area (Å²) in [5.74, 6) is 0. The zero-order valence-electron chi connectivity index (χ0n) is 16.6. The molecule has 30 heavy (non-hydrogen) atoms. The van der Waals surface area contributed by atoms with Gasteiger partial charge in [-0.05, 0) is 55.8 Å². The van der Waals surface area contributed by atoms with Crippen molar-refractivity contribution in [2.45, 2.75) is 36.6 Å².